The molecule has 1 saturated carbocycles. The minimum absolute atomic E-state index is 0.154. The van der Waals surface area contributed by atoms with Crippen molar-refractivity contribution in [3.63, 3.8) is 0 Å². The van der Waals surface area contributed by atoms with E-state index in [1.807, 2.05) is 5.01 Å². The van der Waals surface area contributed by atoms with Crippen LogP contribution in [0.2, 0.25) is 0 Å². The summed E-state index contributed by atoms with van der Waals surface area (Å²) in [6, 6.07) is 8.45. The van der Waals surface area contributed by atoms with Crippen molar-refractivity contribution in [1.82, 2.24) is 10.3 Å². The molecule has 3 aliphatic heterocycles. The highest BCUT2D eigenvalue weighted by Crippen LogP contribution is 2.56. The minimum atomic E-state index is -0.195. The number of carbonyl (C=O) groups is 2. The second kappa shape index (κ2) is 7.97. The van der Waals surface area contributed by atoms with Gasteiger partial charge in [0.2, 0.25) is 11.8 Å². The van der Waals surface area contributed by atoms with Gasteiger partial charge in [0, 0.05) is 38.3 Å². The quantitative estimate of drug-likeness (QED) is 0.592. The molecule has 0 bridgehead atoms. The third-order valence-corrected chi connectivity index (χ3v) is 8.36. The van der Waals surface area contributed by atoms with E-state index in [2.05, 4.69) is 34.5 Å². The van der Waals surface area contributed by atoms with Crippen LogP contribution >= 0.6 is 0 Å². The first-order valence-corrected chi connectivity index (χ1v) is 11.7. The highest BCUT2D eigenvalue weighted by molar-refractivity contribution is 6.00. The molecule has 0 aromatic heterocycles. The van der Waals surface area contributed by atoms with Crippen molar-refractivity contribution in [3.05, 3.63) is 29.8 Å². The molecule has 6 heteroatoms. The zero-order valence-corrected chi connectivity index (χ0v) is 17.8. The predicted octanol–water partition coefficient (Wildman–Crippen LogP) is 2.79. The summed E-state index contributed by atoms with van der Waals surface area (Å²) in [7, 11) is 0. The normalized spacial score (nSPS) is 28.4. The van der Waals surface area contributed by atoms with Crippen molar-refractivity contribution in [2.45, 2.75) is 57.3 Å². The molecule has 3 heterocycles. The Morgan fingerprint density at radius 3 is 2.20 bits per heavy atom. The Morgan fingerprint density at radius 1 is 0.900 bits per heavy atom. The molecule has 4 fully saturated rings. The molecule has 2 amide bonds. The Morgan fingerprint density at radius 2 is 1.57 bits per heavy atom. The van der Waals surface area contributed by atoms with E-state index < -0.39 is 0 Å². The average molecular weight is 411 g/mol. The molecule has 1 aromatic rings. The van der Waals surface area contributed by atoms with Crippen LogP contribution in [0.3, 0.4) is 0 Å². The number of anilines is 1. The molecule has 1 aliphatic carbocycles. The fourth-order valence-corrected chi connectivity index (χ4v) is 6.35. The smallest absolute Gasteiger partial charge is 0.234 e. The number of nitrogens with two attached hydrogens (primary N) is 1. The number of carbonyl (C=O) groups excluding carboxylic acids is 2. The van der Waals surface area contributed by atoms with Crippen molar-refractivity contribution in [3.8, 4) is 0 Å². The monoisotopic (exact) mass is 410 g/mol. The molecule has 1 atom stereocenters. The van der Waals surface area contributed by atoms with Gasteiger partial charge in [-0.25, -0.2) is 5.01 Å². The molecule has 162 valence electrons. The van der Waals surface area contributed by atoms with Crippen LogP contribution in [0.5, 0.6) is 0 Å². The summed E-state index contributed by atoms with van der Waals surface area (Å²) < 4.78 is 0. The second-order valence-electron chi connectivity index (χ2n) is 10.1. The number of amides is 2. The first-order valence-electron chi connectivity index (χ1n) is 11.7. The molecular formula is C24H34N4O2. The molecular weight excluding hydrogens is 376 g/mol. The van der Waals surface area contributed by atoms with Gasteiger partial charge in [-0.15, -0.1) is 0 Å². The minimum Gasteiger partial charge on any atom is -0.371 e. The highest BCUT2D eigenvalue weighted by Gasteiger charge is 2.48. The molecule has 3 saturated heterocycles. The number of hydrazine groups is 1. The maximum Gasteiger partial charge on any atom is 0.234 e. The van der Waals surface area contributed by atoms with Crippen LogP contribution in [0, 0.1) is 17.3 Å². The van der Waals surface area contributed by atoms with Gasteiger partial charge in [-0.2, -0.15) is 0 Å². The van der Waals surface area contributed by atoms with E-state index in [1.54, 1.807) is 0 Å². The molecule has 5 rings (SSSR count). The van der Waals surface area contributed by atoms with Gasteiger partial charge in [0.15, 0.2) is 0 Å². The summed E-state index contributed by atoms with van der Waals surface area (Å²) in [5, 5.41) is 4.44. The lowest BCUT2D eigenvalue weighted by molar-refractivity contribution is -0.134. The van der Waals surface area contributed by atoms with E-state index in [0.29, 0.717) is 18.3 Å². The number of hydrogen-bond donors (Lipinski definition) is 2. The summed E-state index contributed by atoms with van der Waals surface area (Å²) in [6.45, 7) is 4.39. The van der Waals surface area contributed by atoms with Crippen molar-refractivity contribution >= 4 is 17.5 Å². The van der Waals surface area contributed by atoms with E-state index in [1.165, 1.54) is 44.2 Å². The van der Waals surface area contributed by atoms with Gasteiger partial charge in [-0.1, -0.05) is 12.1 Å². The molecule has 1 aromatic carbocycles. The Labute approximate surface area is 179 Å². The first-order chi connectivity index (χ1) is 14.5. The van der Waals surface area contributed by atoms with E-state index in [9.17, 15) is 9.59 Å². The van der Waals surface area contributed by atoms with Crippen LogP contribution in [-0.4, -0.2) is 43.0 Å². The Hall–Kier alpha value is -1.92. The zero-order valence-electron chi connectivity index (χ0n) is 17.8. The fourth-order valence-electron chi connectivity index (χ4n) is 6.35. The SMILES string of the molecule is NN1CCC(C2CC3(CCN(c4ccc(C5CCC(=O)NC5=O)cc4)CC3)C2)CC1. The van der Waals surface area contributed by atoms with E-state index in [4.69, 9.17) is 5.84 Å². The van der Waals surface area contributed by atoms with Gasteiger partial charge in [0.05, 0.1) is 5.92 Å². The van der Waals surface area contributed by atoms with Crippen LogP contribution in [0.25, 0.3) is 0 Å². The summed E-state index contributed by atoms with van der Waals surface area (Å²) in [5.41, 5.74) is 2.86. The summed E-state index contributed by atoms with van der Waals surface area (Å²) >= 11 is 0. The Balaban J connectivity index is 1.13. The van der Waals surface area contributed by atoms with Crippen molar-refractivity contribution < 1.29 is 9.59 Å². The highest BCUT2D eigenvalue weighted by atomic mass is 16.2. The van der Waals surface area contributed by atoms with Gasteiger partial charge < -0.3 is 4.90 Å². The van der Waals surface area contributed by atoms with Crippen LogP contribution in [0.15, 0.2) is 24.3 Å². The fraction of sp³-hybridized carbons (Fsp3) is 0.667. The summed E-state index contributed by atoms with van der Waals surface area (Å²) in [4.78, 5) is 26.0. The average Bonchev–Trinajstić information content (AvgIpc) is 2.73. The second-order valence-corrected chi connectivity index (χ2v) is 10.1. The van der Waals surface area contributed by atoms with Crippen LogP contribution in [-0.2, 0) is 9.59 Å². The number of benzene rings is 1. The van der Waals surface area contributed by atoms with Crippen molar-refractivity contribution in [2.24, 2.45) is 23.1 Å². The molecule has 30 heavy (non-hydrogen) atoms. The third kappa shape index (κ3) is 3.87. The maximum atomic E-state index is 12.1. The van der Waals surface area contributed by atoms with Gasteiger partial charge in [-0.05, 0) is 79.9 Å². The van der Waals surface area contributed by atoms with E-state index in [-0.39, 0.29) is 17.7 Å². The predicted molar refractivity (Wildman–Crippen MR) is 117 cm³/mol. The van der Waals surface area contributed by atoms with Gasteiger partial charge in [-0.3, -0.25) is 20.7 Å². The number of hydrogen-bond acceptors (Lipinski definition) is 5. The number of nitrogens with zero attached hydrogens (tertiary/aromatic N) is 2. The molecule has 3 N–H and O–H groups in total. The Kier molecular flexibility index (Phi) is 5.31. The Bertz CT molecular complexity index is 784. The largest absolute Gasteiger partial charge is 0.371 e. The maximum absolute atomic E-state index is 12.1. The standard InChI is InChI=1S/C24H34N4O2/c25-28-11-7-17(8-12-28)19-15-24(16-19)9-13-27(14-10-24)20-3-1-18(2-4-20)21-5-6-22(29)26-23(21)30/h1-4,17,19,21H,5-16,25H2,(H,26,29,30). The van der Waals surface area contributed by atoms with Gasteiger partial charge >= 0.3 is 0 Å². The summed E-state index contributed by atoms with van der Waals surface area (Å²) in [6.07, 6.45) is 9.05. The molecule has 0 radical (unpaired) electrons. The number of piperidine rings is 3. The lowest BCUT2D eigenvalue weighted by atomic mass is 9.53. The van der Waals surface area contributed by atoms with Crippen molar-refractivity contribution in [2.75, 3.05) is 31.1 Å². The zero-order chi connectivity index (χ0) is 20.7. The van der Waals surface area contributed by atoms with Crippen LogP contribution in [0.1, 0.15) is 62.8 Å². The van der Waals surface area contributed by atoms with Crippen LogP contribution < -0.4 is 16.1 Å². The molecule has 1 unspecified atom stereocenters. The number of rotatable bonds is 3. The van der Waals surface area contributed by atoms with E-state index in [0.717, 1.165) is 43.6 Å². The third-order valence-electron chi connectivity index (χ3n) is 8.36. The summed E-state index contributed by atoms with van der Waals surface area (Å²) in [5.74, 6) is 7.24. The topological polar surface area (TPSA) is 78.7 Å². The van der Waals surface area contributed by atoms with E-state index >= 15 is 0 Å². The molecule has 6 nitrogen and oxygen atoms in total. The molecule has 4 aliphatic rings. The number of imide groups is 1. The first kappa shape index (κ1) is 20.0. The van der Waals surface area contributed by atoms with Gasteiger partial charge in [0.1, 0.15) is 0 Å². The number of nitrogens with one attached hydrogen (secondary N) is 1. The van der Waals surface area contributed by atoms with Crippen LogP contribution in [0.4, 0.5) is 5.69 Å². The van der Waals surface area contributed by atoms with Crippen molar-refractivity contribution in [1.29, 1.82) is 0 Å². The van der Waals surface area contributed by atoms with Gasteiger partial charge in [0.25, 0.3) is 0 Å². The lowest BCUT2D eigenvalue weighted by Crippen LogP contribution is -2.50. The lowest BCUT2D eigenvalue weighted by Gasteiger charge is -2.55. The molecule has 1 spiro atoms.